The van der Waals surface area contributed by atoms with Crippen LogP contribution in [0.5, 0.6) is 5.75 Å². The zero-order valence-corrected chi connectivity index (χ0v) is 13.5. The molecule has 20 heavy (non-hydrogen) atoms. The molecule has 0 saturated carbocycles. The molecule has 0 aliphatic heterocycles. The smallest absolute Gasteiger partial charge is 0.119 e. The predicted octanol–water partition coefficient (Wildman–Crippen LogP) is 4.23. The molecule has 0 unspecified atom stereocenters. The Labute approximate surface area is 129 Å². The third kappa shape index (κ3) is 4.66. The quantitative estimate of drug-likeness (QED) is 0.798. The molecule has 1 N–H and O–H groups in total. The number of aryl methyl sites for hydroxylation is 2. The SMILES string of the molecule is Cc1cccc(OCCNCc2ccc(C)cc2Br)c1. The van der Waals surface area contributed by atoms with Crippen molar-refractivity contribution in [2.45, 2.75) is 20.4 Å². The van der Waals surface area contributed by atoms with Crippen LogP contribution in [0, 0.1) is 13.8 Å². The van der Waals surface area contributed by atoms with Gasteiger partial charge in [0.25, 0.3) is 0 Å². The second-order valence-corrected chi connectivity index (χ2v) is 5.79. The van der Waals surface area contributed by atoms with Crippen LogP contribution in [0.3, 0.4) is 0 Å². The Morgan fingerprint density at radius 2 is 1.85 bits per heavy atom. The van der Waals surface area contributed by atoms with E-state index in [1.807, 2.05) is 12.1 Å². The van der Waals surface area contributed by atoms with E-state index in [4.69, 9.17) is 4.74 Å². The highest BCUT2D eigenvalue weighted by molar-refractivity contribution is 9.10. The molecule has 106 valence electrons. The topological polar surface area (TPSA) is 21.3 Å². The number of hydrogen-bond donors (Lipinski definition) is 1. The Morgan fingerprint density at radius 1 is 1.05 bits per heavy atom. The molecule has 0 saturated heterocycles. The Bertz CT molecular complexity index is 569. The molecule has 3 heteroatoms. The van der Waals surface area contributed by atoms with E-state index in [0.29, 0.717) is 6.61 Å². The van der Waals surface area contributed by atoms with E-state index in [1.165, 1.54) is 16.7 Å². The lowest BCUT2D eigenvalue weighted by molar-refractivity contribution is 0.313. The zero-order valence-electron chi connectivity index (χ0n) is 11.9. The van der Waals surface area contributed by atoms with E-state index in [1.54, 1.807) is 0 Å². The lowest BCUT2D eigenvalue weighted by atomic mass is 10.1. The molecule has 0 atom stereocenters. The summed E-state index contributed by atoms with van der Waals surface area (Å²) >= 11 is 3.59. The molecule has 0 aliphatic carbocycles. The van der Waals surface area contributed by atoms with Gasteiger partial charge in [-0.25, -0.2) is 0 Å². The molecule has 0 radical (unpaired) electrons. The molecule has 0 heterocycles. The zero-order chi connectivity index (χ0) is 14.4. The van der Waals surface area contributed by atoms with Crippen LogP contribution in [0.25, 0.3) is 0 Å². The largest absolute Gasteiger partial charge is 0.492 e. The molecule has 2 rings (SSSR count). The van der Waals surface area contributed by atoms with Crippen LogP contribution in [0.15, 0.2) is 46.9 Å². The van der Waals surface area contributed by atoms with Crippen molar-refractivity contribution in [2.75, 3.05) is 13.2 Å². The molecule has 0 spiro atoms. The molecule has 0 aliphatic rings. The van der Waals surface area contributed by atoms with Crippen LogP contribution in [0.4, 0.5) is 0 Å². The van der Waals surface area contributed by atoms with E-state index >= 15 is 0 Å². The monoisotopic (exact) mass is 333 g/mol. The molecule has 2 nitrogen and oxygen atoms in total. The highest BCUT2D eigenvalue weighted by Gasteiger charge is 1.99. The summed E-state index contributed by atoms with van der Waals surface area (Å²) < 4.78 is 6.86. The Morgan fingerprint density at radius 3 is 2.60 bits per heavy atom. The summed E-state index contributed by atoms with van der Waals surface area (Å²) in [6.07, 6.45) is 0. The molecular weight excluding hydrogens is 314 g/mol. The Balaban J connectivity index is 1.71. The standard InChI is InChI=1S/C17H20BrNO/c1-13-4-3-5-16(10-13)20-9-8-19-12-15-7-6-14(2)11-17(15)18/h3-7,10-11,19H,8-9,12H2,1-2H3. The normalized spacial score (nSPS) is 10.6. The summed E-state index contributed by atoms with van der Waals surface area (Å²) in [6, 6.07) is 14.5. The minimum Gasteiger partial charge on any atom is -0.492 e. The van der Waals surface area contributed by atoms with Gasteiger partial charge in [0.15, 0.2) is 0 Å². The van der Waals surface area contributed by atoms with E-state index in [9.17, 15) is 0 Å². The highest BCUT2D eigenvalue weighted by Crippen LogP contribution is 2.18. The summed E-state index contributed by atoms with van der Waals surface area (Å²) in [4.78, 5) is 0. The highest BCUT2D eigenvalue weighted by atomic mass is 79.9. The predicted molar refractivity (Wildman–Crippen MR) is 87.3 cm³/mol. The van der Waals surface area contributed by atoms with E-state index in [0.717, 1.165) is 23.3 Å². The lowest BCUT2D eigenvalue weighted by Crippen LogP contribution is -2.20. The molecule has 2 aromatic carbocycles. The summed E-state index contributed by atoms with van der Waals surface area (Å²) in [7, 11) is 0. The lowest BCUT2D eigenvalue weighted by Gasteiger charge is -2.09. The maximum Gasteiger partial charge on any atom is 0.119 e. The first-order valence-electron chi connectivity index (χ1n) is 6.80. The van der Waals surface area contributed by atoms with Gasteiger partial charge in [0.1, 0.15) is 12.4 Å². The van der Waals surface area contributed by atoms with Gasteiger partial charge >= 0.3 is 0 Å². The van der Waals surface area contributed by atoms with Gasteiger partial charge in [-0.15, -0.1) is 0 Å². The molecule has 0 amide bonds. The third-order valence-electron chi connectivity index (χ3n) is 3.06. The first-order chi connectivity index (χ1) is 9.65. The molecule has 2 aromatic rings. The maximum absolute atomic E-state index is 5.70. The van der Waals surface area contributed by atoms with Gasteiger partial charge in [0.05, 0.1) is 0 Å². The van der Waals surface area contributed by atoms with E-state index in [-0.39, 0.29) is 0 Å². The van der Waals surface area contributed by atoms with Crippen LogP contribution in [0.1, 0.15) is 16.7 Å². The van der Waals surface area contributed by atoms with Crippen LogP contribution >= 0.6 is 15.9 Å². The second-order valence-electron chi connectivity index (χ2n) is 4.94. The van der Waals surface area contributed by atoms with Crippen molar-refractivity contribution in [1.29, 1.82) is 0 Å². The summed E-state index contributed by atoms with van der Waals surface area (Å²) in [6.45, 7) is 6.51. The number of ether oxygens (including phenoxy) is 1. The van der Waals surface area contributed by atoms with Crippen molar-refractivity contribution >= 4 is 15.9 Å². The van der Waals surface area contributed by atoms with Crippen molar-refractivity contribution in [3.8, 4) is 5.75 Å². The van der Waals surface area contributed by atoms with Gasteiger partial charge in [-0.1, -0.05) is 40.2 Å². The third-order valence-corrected chi connectivity index (χ3v) is 3.80. The van der Waals surface area contributed by atoms with Crippen LogP contribution in [0.2, 0.25) is 0 Å². The van der Waals surface area contributed by atoms with Gasteiger partial charge in [-0.3, -0.25) is 0 Å². The fourth-order valence-electron chi connectivity index (χ4n) is 1.96. The van der Waals surface area contributed by atoms with Crippen molar-refractivity contribution in [3.05, 3.63) is 63.6 Å². The average molecular weight is 334 g/mol. The van der Waals surface area contributed by atoms with Crippen molar-refractivity contribution < 1.29 is 4.74 Å². The van der Waals surface area contributed by atoms with Crippen molar-refractivity contribution in [1.82, 2.24) is 5.32 Å². The number of halogens is 1. The molecule has 0 aromatic heterocycles. The van der Waals surface area contributed by atoms with Crippen molar-refractivity contribution in [3.63, 3.8) is 0 Å². The van der Waals surface area contributed by atoms with Gasteiger partial charge < -0.3 is 10.1 Å². The van der Waals surface area contributed by atoms with Gasteiger partial charge in [0, 0.05) is 17.6 Å². The fourth-order valence-corrected chi connectivity index (χ4v) is 2.60. The Hall–Kier alpha value is -1.32. The van der Waals surface area contributed by atoms with Crippen molar-refractivity contribution in [2.24, 2.45) is 0 Å². The van der Waals surface area contributed by atoms with Gasteiger partial charge in [-0.05, 0) is 48.7 Å². The average Bonchev–Trinajstić information content (AvgIpc) is 2.41. The van der Waals surface area contributed by atoms with Crippen LogP contribution in [-0.2, 0) is 6.54 Å². The first-order valence-corrected chi connectivity index (χ1v) is 7.59. The fraction of sp³-hybridized carbons (Fsp3) is 0.294. The summed E-state index contributed by atoms with van der Waals surface area (Å²) in [5.74, 6) is 0.934. The van der Waals surface area contributed by atoms with Crippen LogP contribution < -0.4 is 10.1 Å². The van der Waals surface area contributed by atoms with Gasteiger partial charge in [-0.2, -0.15) is 0 Å². The van der Waals surface area contributed by atoms with Crippen LogP contribution in [-0.4, -0.2) is 13.2 Å². The molecule has 0 bridgehead atoms. The summed E-state index contributed by atoms with van der Waals surface area (Å²) in [5.41, 5.74) is 3.76. The number of hydrogen-bond acceptors (Lipinski definition) is 2. The Kier molecular flexibility index (Phi) is 5.62. The number of benzene rings is 2. The molecular formula is C17H20BrNO. The first kappa shape index (κ1) is 15.1. The molecule has 0 fully saturated rings. The van der Waals surface area contributed by atoms with Gasteiger partial charge in [0.2, 0.25) is 0 Å². The summed E-state index contributed by atoms with van der Waals surface area (Å²) in [5, 5.41) is 3.39. The van der Waals surface area contributed by atoms with E-state index in [2.05, 4.69) is 65.4 Å². The number of rotatable bonds is 6. The minimum absolute atomic E-state index is 0.674. The number of nitrogens with one attached hydrogen (secondary N) is 1. The maximum atomic E-state index is 5.70. The minimum atomic E-state index is 0.674. The van der Waals surface area contributed by atoms with E-state index < -0.39 is 0 Å². The second kappa shape index (κ2) is 7.46.